The summed E-state index contributed by atoms with van der Waals surface area (Å²) in [4.78, 5) is 11.8. The largest absolute Gasteiger partial charge is 0.496 e. The van der Waals surface area contributed by atoms with Gasteiger partial charge in [0.1, 0.15) is 11.8 Å². The van der Waals surface area contributed by atoms with E-state index in [-0.39, 0.29) is 10.8 Å². The van der Waals surface area contributed by atoms with Crippen LogP contribution in [0.4, 0.5) is 0 Å². The summed E-state index contributed by atoms with van der Waals surface area (Å²) >= 11 is 0. The van der Waals surface area contributed by atoms with Gasteiger partial charge in [-0.25, -0.2) is 8.42 Å². The number of carbonyl (C=O) groups is 1. The average Bonchev–Trinajstić information content (AvgIpc) is 2.78. The van der Waals surface area contributed by atoms with Crippen molar-refractivity contribution in [3.05, 3.63) is 22.8 Å². The predicted molar refractivity (Wildman–Crippen MR) is 78.9 cm³/mol. The monoisotopic (exact) mass is 312 g/mol. The first-order chi connectivity index (χ1) is 9.77. The lowest BCUT2D eigenvalue weighted by Crippen LogP contribution is -2.40. The molecule has 0 radical (unpaired) electrons. The zero-order chi connectivity index (χ0) is 15.8. The summed E-state index contributed by atoms with van der Waals surface area (Å²) in [5, 5.41) is 2.62. The second kappa shape index (κ2) is 5.65. The maximum atomic E-state index is 12.6. The van der Waals surface area contributed by atoms with Crippen molar-refractivity contribution in [1.82, 2.24) is 10.0 Å². The van der Waals surface area contributed by atoms with E-state index in [1.54, 1.807) is 27.0 Å². The summed E-state index contributed by atoms with van der Waals surface area (Å²) in [5.74, 6) is 0.377. The summed E-state index contributed by atoms with van der Waals surface area (Å²) < 4.78 is 32.9. The van der Waals surface area contributed by atoms with Gasteiger partial charge in [0.25, 0.3) is 0 Å². The van der Waals surface area contributed by atoms with E-state index in [0.717, 1.165) is 5.56 Å². The van der Waals surface area contributed by atoms with Crippen molar-refractivity contribution in [2.45, 2.75) is 38.1 Å². The molecule has 1 saturated heterocycles. The number of methoxy groups -OCH3 is 1. The molecular weight excluding hydrogens is 292 g/mol. The number of aryl methyl sites for hydroxylation is 1. The van der Waals surface area contributed by atoms with Gasteiger partial charge in [-0.15, -0.1) is 0 Å². The Morgan fingerprint density at radius 1 is 1.29 bits per heavy atom. The molecule has 0 aliphatic carbocycles. The van der Waals surface area contributed by atoms with Crippen LogP contribution in [0.25, 0.3) is 0 Å². The SMILES string of the molecule is COc1cc(C)c(S(=O)(=O)NC2CCNC2=O)c(C)c1C. The quantitative estimate of drug-likeness (QED) is 0.861. The highest BCUT2D eigenvalue weighted by molar-refractivity contribution is 7.89. The fraction of sp³-hybridized carbons (Fsp3) is 0.500. The molecular formula is C14H20N2O4S. The van der Waals surface area contributed by atoms with Crippen LogP contribution in [-0.4, -0.2) is 34.0 Å². The first-order valence-corrected chi connectivity index (χ1v) is 8.21. The van der Waals surface area contributed by atoms with Crippen molar-refractivity contribution in [2.24, 2.45) is 0 Å². The minimum atomic E-state index is -3.75. The Kier molecular flexibility index (Phi) is 4.25. The van der Waals surface area contributed by atoms with Gasteiger partial charge in [-0.2, -0.15) is 4.72 Å². The molecule has 0 bridgehead atoms. The minimum Gasteiger partial charge on any atom is -0.496 e. The van der Waals surface area contributed by atoms with Crippen LogP contribution < -0.4 is 14.8 Å². The maximum absolute atomic E-state index is 12.6. The highest BCUT2D eigenvalue weighted by atomic mass is 32.2. The van der Waals surface area contributed by atoms with E-state index in [1.165, 1.54) is 0 Å². The Morgan fingerprint density at radius 3 is 2.48 bits per heavy atom. The van der Waals surface area contributed by atoms with Gasteiger partial charge < -0.3 is 10.1 Å². The molecule has 21 heavy (non-hydrogen) atoms. The van der Waals surface area contributed by atoms with Gasteiger partial charge in [0.05, 0.1) is 12.0 Å². The molecule has 116 valence electrons. The average molecular weight is 312 g/mol. The smallest absolute Gasteiger partial charge is 0.241 e. The van der Waals surface area contributed by atoms with Crippen LogP contribution in [0, 0.1) is 20.8 Å². The first kappa shape index (κ1) is 15.8. The topological polar surface area (TPSA) is 84.5 Å². The highest BCUT2D eigenvalue weighted by Crippen LogP contribution is 2.30. The number of amides is 1. The van der Waals surface area contributed by atoms with E-state index in [2.05, 4.69) is 10.0 Å². The Labute approximate surface area is 124 Å². The highest BCUT2D eigenvalue weighted by Gasteiger charge is 2.31. The number of nitrogens with one attached hydrogen (secondary N) is 2. The van der Waals surface area contributed by atoms with Crippen LogP contribution in [0.1, 0.15) is 23.1 Å². The van der Waals surface area contributed by atoms with Crippen molar-refractivity contribution >= 4 is 15.9 Å². The normalized spacial score (nSPS) is 18.7. The van der Waals surface area contributed by atoms with E-state index in [1.807, 2.05) is 6.92 Å². The molecule has 1 aromatic carbocycles. The van der Waals surface area contributed by atoms with Crippen LogP contribution >= 0.6 is 0 Å². The number of sulfonamides is 1. The molecule has 1 heterocycles. The molecule has 2 rings (SSSR count). The Morgan fingerprint density at radius 2 is 1.95 bits per heavy atom. The second-order valence-corrected chi connectivity index (χ2v) is 6.88. The summed E-state index contributed by atoms with van der Waals surface area (Å²) in [7, 11) is -2.20. The summed E-state index contributed by atoms with van der Waals surface area (Å²) in [5.41, 5.74) is 2.01. The zero-order valence-electron chi connectivity index (χ0n) is 12.6. The molecule has 0 saturated carbocycles. The summed E-state index contributed by atoms with van der Waals surface area (Å²) in [6.07, 6.45) is 0.464. The van der Waals surface area contributed by atoms with Crippen LogP contribution in [-0.2, 0) is 14.8 Å². The molecule has 1 unspecified atom stereocenters. The van der Waals surface area contributed by atoms with Gasteiger partial charge in [-0.1, -0.05) is 0 Å². The van der Waals surface area contributed by atoms with Crippen molar-refractivity contribution < 1.29 is 17.9 Å². The minimum absolute atomic E-state index is 0.223. The number of hydrogen-bond donors (Lipinski definition) is 2. The fourth-order valence-electron chi connectivity index (χ4n) is 2.60. The van der Waals surface area contributed by atoms with E-state index < -0.39 is 16.1 Å². The van der Waals surface area contributed by atoms with Gasteiger partial charge >= 0.3 is 0 Å². The zero-order valence-corrected chi connectivity index (χ0v) is 13.4. The van der Waals surface area contributed by atoms with Gasteiger partial charge in [-0.05, 0) is 49.9 Å². The Bertz CT molecular complexity index is 683. The third-order valence-electron chi connectivity index (χ3n) is 3.81. The van der Waals surface area contributed by atoms with E-state index in [9.17, 15) is 13.2 Å². The van der Waals surface area contributed by atoms with Gasteiger partial charge in [0, 0.05) is 6.54 Å². The van der Waals surface area contributed by atoms with Crippen molar-refractivity contribution in [3.8, 4) is 5.75 Å². The molecule has 1 aliphatic heterocycles. The third-order valence-corrected chi connectivity index (χ3v) is 5.57. The van der Waals surface area contributed by atoms with Crippen LogP contribution in [0.15, 0.2) is 11.0 Å². The van der Waals surface area contributed by atoms with Gasteiger partial charge in [0.2, 0.25) is 15.9 Å². The lowest BCUT2D eigenvalue weighted by Gasteiger charge is -2.18. The molecule has 0 aromatic heterocycles. The van der Waals surface area contributed by atoms with E-state index in [4.69, 9.17) is 4.74 Å². The Hall–Kier alpha value is -1.60. The molecule has 1 atom stereocenters. The van der Waals surface area contributed by atoms with E-state index >= 15 is 0 Å². The van der Waals surface area contributed by atoms with Crippen molar-refractivity contribution in [1.29, 1.82) is 0 Å². The number of benzene rings is 1. The summed E-state index contributed by atoms with van der Waals surface area (Å²) in [6.45, 7) is 5.77. The molecule has 7 heteroatoms. The lowest BCUT2D eigenvalue weighted by atomic mass is 10.1. The molecule has 1 aliphatic rings. The standard InChI is InChI=1S/C14H20N2O4S/c1-8-7-12(20-4)9(2)10(3)13(8)21(18,19)16-11-5-6-15-14(11)17/h7,11,16H,5-6H2,1-4H3,(H,15,17). The van der Waals surface area contributed by atoms with Gasteiger partial charge in [-0.3, -0.25) is 4.79 Å². The van der Waals surface area contributed by atoms with Crippen molar-refractivity contribution in [2.75, 3.05) is 13.7 Å². The Balaban J connectivity index is 2.45. The molecule has 2 N–H and O–H groups in total. The first-order valence-electron chi connectivity index (χ1n) is 6.72. The van der Waals surface area contributed by atoms with Crippen LogP contribution in [0.2, 0.25) is 0 Å². The number of ether oxygens (including phenoxy) is 1. The molecule has 1 aromatic rings. The fourth-order valence-corrected chi connectivity index (χ4v) is 4.36. The van der Waals surface area contributed by atoms with Crippen LogP contribution in [0.5, 0.6) is 5.75 Å². The number of rotatable bonds is 4. The molecule has 0 spiro atoms. The molecule has 1 amide bonds. The van der Waals surface area contributed by atoms with Gasteiger partial charge in [0.15, 0.2) is 0 Å². The lowest BCUT2D eigenvalue weighted by molar-refractivity contribution is -0.120. The molecule has 1 fully saturated rings. The third kappa shape index (κ3) is 2.89. The maximum Gasteiger partial charge on any atom is 0.241 e. The van der Waals surface area contributed by atoms with Crippen molar-refractivity contribution in [3.63, 3.8) is 0 Å². The number of hydrogen-bond acceptors (Lipinski definition) is 4. The number of carbonyl (C=O) groups excluding carboxylic acids is 1. The second-order valence-electron chi connectivity index (χ2n) is 5.23. The van der Waals surface area contributed by atoms with Crippen LogP contribution in [0.3, 0.4) is 0 Å². The molecule has 6 nitrogen and oxygen atoms in total. The van der Waals surface area contributed by atoms with E-state index in [0.29, 0.717) is 29.8 Å². The summed E-state index contributed by atoms with van der Waals surface area (Å²) in [6, 6.07) is 1.00. The predicted octanol–water partition coefficient (Wildman–Crippen LogP) is 0.787.